The van der Waals surface area contributed by atoms with Gasteiger partial charge < -0.3 is 15.1 Å². The predicted octanol–water partition coefficient (Wildman–Crippen LogP) is 3.50. The van der Waals surface area contributed by atoms with Gasteiger partial charge in [0.2, 0.25) is 5.91 Å². The van der Waals surface area contributed by atoms with Crippen LogP contribution in [0.3, 0.4) is 0 Å². The Morgan fingerprint density at radius 3 is 1.91 bits per heavy atom. The number of rotatable bonds is 4. The Labute approximate surface area is 191 Å². The van der Waals surface area contributed by atoms with Crippen molar-refractivity contribution in [3.63, 3.8) is 0 Å². The van der Waals surface area contributed by atoms with Crippen molar-refractivity contribution in [2.75, 3.05) is 32.7 Å². The van der Waals surface area contributed by atoms with Crippen LogP contribution in [0.4, 0.5) is 4.79 Å². The lowest BCUT2D eigenvalue weighted by molar-refractivity contribution is -0.131. The molecule has 0 aliphatic carbocycles. The van der Waals surface area contributed by atoms with E-state index in [-0.39, 0.29) is 29.6 Å². The van der Waals surface area contributed by atoms with Gasteiger partial charge >= 0.3 is 6.03 Å². The fourth-order valence-corrected chi connectivity index (χ4v) is 4.79. The van der Waals surface area contributed by atoms with Gasteiger partial charge in [-0.05, 0) is 31.9 Å². The van der Waals surface area contributed by atoms with Crippen LogP contribution in [-0.4, -0.2) is 70.9 Å². The molecule has 170 valence electrons. The zero-order chi connectivity index (χ0) is 22.7. The second kappa shape index (κ2) is 9.33. The van der Waals surface area contributed by atoms with Crippen molar-refractivity contribution in [3.05, 3.63) is 71.8 Å². The molecular formula is C26H34N4O2. The Hall–Kier alpha value is -2.86. The number of urea groups is 1. The lowest BCUT2D eigenvalue weighted by atomic mass is 9.96. The molecule has 2 aliphatic rings. The molecule has 2 saturated heterocycles. The van der Waals surface area contributed by atoms with Crippen LogP contribution in [0.5, 0.6) is 0 Å². The minimum atomic E-state index is -0.216. The summed E-state index contributed by atoms with van der Waals surface area (Å²) in [6.45, 7) is 9.63. The van der Waals surface area contributed by atoms with Crippen molar-refractivity contribution >= 4 is 11.9 Å². The van der Waals surface area contributed by atoms with E-state index in [1.165, 1.54) is 11.1 Å². The highest BCUT2D eigenvalue weighted by Crippen LogP contribution is 2.29. The molecule has 32 heavy (non-hydrogen) atoms. The Morgan fingerprint density at radius 1 is 0.906 bits per heavy atom. The summed E-state index contributed by atoms with van der Waals surface area (Å²) in [5, 5.41) is 3.09. The number of hydrogen-bond acceptors (Lipinski definition) is 3. The quantitative estimate of drug-likeness (QED) is 0.801. The van der Waals surface area contributed by atoms with Crippen LogP contribution in [-0.2, 0) is 4.79 Å². The first-order valence-electron chi connectivity index (χ1n) is 11.5. The van der Waals surface area contributed by atoms with Crippen LogP contribution in [0.15, 0.2) is 60.7 Å². The highest BCUT2D eigenvalue weighted by Gasteiger charge is 2.37. The highest BCUT2D eigenvalue weighted by molar-refractivity contribution is 5.82. The Bertz CT molecular complexity index is 878. The van der Waals surface area contributed by atoms with Crippen molar-refractivity contribution in [2.24, 2.45) is 0 Å². The number of piperazine rings is 1. The number of carbonyl (C=O) groups is 2. The first kappa shape index (κ1) is 22.3. The monoisotopic (exact) mass is 434 g/mol. The molecule has 2 heterocycles. The second-order valence-electron chi connectivity index (χ2n) is 9.77. The van der Waals surface area contributed by atoms with Gasteiger partial charge in [-0.1, -0.05) is 60.7 Å². The van der Waals surface area contributed by atoms with E-state index in [0.29, 0.717) is 26.1 Å². The fourth-order valence-electron chi connectivity index (χ4n) is 4.79. The van der Waals surface area contributed by atoms with Gasteiger partial charge in [-0.2, -0.15) is 0 Å². The molecule has 2 aliphatic heterocycles. The molecule has 1 unspecified atom stereocenters. The number of hydrogen-bond donors (Lipinski definition) is 1. The maximum absolute atomic E-state index is 12.9. The SMILES string of the molecule is CC(C)(C)N1CC(NC(=O)N2CCN(C(c3ccccc3)c3ccccc3)CC2)CC1=O. The third-order valence-corrected chi connectivity index (χ3v) is 6.46. The first-order valence-corrected chi connectivity index (χ1v) is 11.5. The van der Waals surface area contributed by atoms with Crippen LogP contribution in [0.25, 0.3) is 0 Å². The van der Waals surface area contributed by atoms with Crippen molar-refractivity contribution < 1.29 is 9.59 Å². The van der Waals surface area contributed by atoms with Gasteiger partial charge in [0.25, 0.3) is 0 Å². The first-order chi connectivity index (χ1) is 15.3. The standard InChI is InChI=1S/C26H34N4O2/c1-26(2,3)30-19-22(18-23(30)31)27-25(32)29-16-14-28(15-17-29)24(20-10-6-4-7-11-20)21-12-8-5-9-13-21/h4-13,22,24H,14-19H2,1-3H3,(H,27,32). The average Bonchev–Trinajstić information content (AvgIpc) is 3.16. The van der Waals surface area contributed by atoms with Gasteiger partial charge in [0.1, 0.15) is 0 Å². The Kier molecular flexibility index (Phi) is 6.51. The van der Waals surface area contributed by atoms with E-state index in [9.17, 15) is 9.59 Å². The lowest BCUT2D eigenvalue weighted by Gasteiger charge is -2.40. The van der Waals surface area contributed by atoms with Gasteiger partial charge in [0.15, 0.2) is 0 Å². The van der Waals surface area contributed by atoms with E-state index in [1.54, 1.807) is 0 Å². The molecule has 0 radical (unpaired) electrons. The van der Waals surface area contributed by atoms with Crippen molar-refractivity contribution in [3.8, 4) is 0 Å². The van der Waals surface area contributed by atoms with Crippen LogP contribution >= 0.6 is 0 Å². The molecule has 0 spiro atoms. The third kappa shape index (κ3) is 4.96. The summed E-state index contributed by atoms with van der Waals surface area (Å²) in [7, 11) is 0. The summed E-state index contributed by atoms with van der Waals surface area (Å²) in [5.74, 6) is 0.112. The average molecular weight is 435 g/mol. The number of amides is 3. The maximum atomic E-state index is 12.9. The largest absolute Gasteiger partial charge is 0.336 e. The number of nitrogens with zero attached hydrogens (tertiary/aromatic N) is 3. The molecule has 1 atom stereocenters. The topological polar surface area (TPSA) is 55.9 Å². The summed E-state index contributed by atoms with van der Waals surface area (Å²) in [4.78, 5) is 31.4. The number of benzene rings is 2. The van der Waals surface area contributed by atoms with Crippen LogP contribution in [0, 0.1) is 0 Å². The summed E-state index contributed by atoms with van der Waals surface area (Å²) >= 11 is 0. The number of carbonyl (C=O) groups excluding carboxylic acids is 2. The molecule has 6 heteroatoms. The highest BCUT2D eigenvalue weighted by atomic mass is 16.2. The van der Waals surface area contributed by atoms with Crippen LogP contribution in [0.2, 0.25) is 0 Å². The molecule has 0 saturated carbocycles. The molecule has 0 bridgehead atoms. The molecule has 6 nitrogen and oxygen atoms in total. The predicted molar refractivity (Wildman–Crippen MR) is 126 cm³/mol. The van der Waals surface area contributed by atoms with Crippen molar-refractivity contribution in [2.45, 2.75) is 44.8 Å². The van der Waals surface area contributed by atoms with E-state index in [1.807, 2.05) is 42.7 Å². The maximum Gasteiger partial charge on any atom is 0.317 e. The van der Waals surface area contributed by atoms with Crippen LogP contribution in [0.1, 0.15) is 44.4 Å². The lowest BCUT2D eigenvalue weighted by Crippen LogP contribution is -2.54. The van der Waals surface area contributed by atoms with Crippen LogP contribution < -0.4 is 5.32 Å². The van der Waals surface area contributed by atoms with E-state index in [0.717, 1.165) is 13.1 Å². The number of nitrogens with one attached hydrogen (secondary N) is 1. The minimum absolute atomic E-state index is 0.0609. The summed E-state index contributed by atoms with van der Waals surface area (Å²) < 4.78 is 0. The number of likely N-dealkylation sites (tertiary alicyclic amines) is 1. The van der Waals surface area contributed by atoms with E-state index < -0.39 is 0 Å². The molecule has 4 rings (SSSR count). The van der Waals surface area contributed by atoms with E-state index >= 15 is 0 Å². The summed E-state index contributed by atoms with van der Waals surface area (Å²) in [6.07, 6.45) is 0.382. The van der Waals surface area contributed by atoms with E-state index in [4.69, 9.17) is 0 Å². The Morgan fingerprint density at radius 2 is 1.44 bits per heavy atom. The zero-order valence-electron chi connectivity index (χ0n) is 19.3. The fraction of sp³-hybridized carbons (Fsp3) is 0.462. The molecule has 2 fully saturated rings. The normalized spacial score (nSPS) is 20.1. The summed E-state index contributed by atoms with van der Waals surface area (Å²) in [5.41, 5.74) is 2.32. The molecule has 1 N–H and O–H groups in total. The van der Waals surface area contributed by atoms with Gasteiger partial charge in [0, 0.05) is 44.7 Å². The van der Waals surface area contributed by atoms with E-state index in [2.05, 4.69) is 58.7 Å². The van der Waals surface area contributed by atoms with Crippen molar-refractivity contribution in [1.82, 2.24) is 20.0 Å². The third-order valence-electron chi connectivity index (χ3n) is 6.46. The van der Waals surface area contributed by atoms with Crippen molar-refractivity contribution in [1.29, 1.82) is 0 Å². The molecule has 0 aromatic heterocycles. The molecular weight excluding hydrogens is 400 g/mol. The zero-order valence-corrected chi connectivity index (χ0v) is 19.3. The summed E-state index contributed by atoms with van der Waals surface area (Å²) in [6, 6.07) is 21.1. The van der Waals surface area contributed by atoms with Gasteiger partial charge in [0.05, 0.1) is 12.1 Å². The Balaban J connectivity index is 1.38. The smallest absolute Gasteiger partial charge is 0.317 e. The molecule has 2 aromatic rings. The second-order valence-corrected chi connectivity index (χ2v) is 9.77. The van der Waals surface area contributed by atoms with Gasteiger partial charge in [-0.25, -0.2) is 4.79 Å². The van der Waals surface area contributed by atoms with Gasteiger partial charge in [-0.15, -0.1) is 0 Å². The minimum Gasteiger partial charge on any atom is -0.336 e. The van der Waals surface area contributed by atoms with Gasteiger partial charge in [-0.3, -0.25) is 9.69 Å². The molecule has 3 amide bonds. The molecule has 2 aromatic carbocycles.